The molecule has 2 aromatic carbocycles. The SMILES string of the molecule is NCCCN(C=O)C(=O)C(=O)Nc1ccc(Nc2ccccc2)cc1. The van der Waals surface area contributed by atoms with Crippen LogP contribution < -0.4 is 16.4 Å². The van der Waals surface area contributed by atoms with Crippen molar-refractivity contribution in [2.45, 2.75) is 6.42 Å². The van der Waals surface area contributed by atoms with Crippen LogP contribution in [0, 0.1) is 0 Å². The second-order valence-corrected chi connectivity index (χ2v) is 5.27. The maximum Gasteiger partial charge on any atom is 0.318 e. The number of anilines is 3. The van der Waals surface area contributed by atoms with Crippen LogP contribution in [0.1, 0.15) is 6.42 Å². The molecule has 0 saturated heterocycles. The zero-order chi connectivity index (χ0) is 18.1. The number of nitrogens with one attached hydrogen (secondary N) is 2. The third-order valence-electron chi connectivity index (χ3n) is 3.39. The zero-order valence-corrected chi connectivity index (χ0v) is 13.6. The molecule has 0 heterocycles. The average molecular weight is 340 g/mol. The van der Waals surface area contributed by atoms with Crippen LogP contribution in [-0.4, -0.2) is 36.2 Å². The molecule has 25 heavy (non-hydrogen) atoms. The van der Waals surface area contributed by atoms with E-state index in [-0.39, 0.29) is 6.54 Å². The van der Waals surface area contributed by atoms with E-state index in [0.29, 0.717) is 25.1 Å². The molecule has 0 aliphatic heterocycles. The van der Waals surface area contributed by atoms with Gasteiger partial charge in [-0.05, 0) is 49.4 Å². The standard InChI is InChI=1S/C18H20N4O3/c19-11-4-12-22(13-23)18(25)17(24)21-16-9-7-15(8-10-16)20-14-5-2-1-3-6-14/h1-3,5-10,13,20H,4,11-12,19H2,(H,21,24). The smallest absolute Gasteiger partial charge is 0.318 e. The Kier molecular flexibility index (Phi) is 6.67. The monoisotopic (exact) mass is 340 g/mol. The van der Waals surface area contributed by atoms with Gasteiger partial charge in [-0.25, -0.2) is 0 Å². The molecule has 7 nitrogen and oxygen atoms in total. The zero-order valence-electron chi connectivity index (χ0n) is 13.6. The van der Waals surface area contributed by atoms with Gasteiger partial charge in [0, 0.05) is 23.6 Å². The van der Waals surface area contributed by atoms with E-state index in [1.807, 2.05) is 30.3 Å². The number of benzene rings is 2. The fraction of sp³-hybridized carbons (Fsp3) is 0.167. The first-order valence-corrected chi connectivity index (χ1v) is 7.83. The Balaban J connectivity index is 1.94. The van der Waals surface area contributed by atoms with E-state index in [1.54, 1.807) is 24.3 Å². The second kappa shape index (κ2) is 9.19. The Morgan fingerprint density at radius 3 is 2.16 bits per heavy atom. The molecule has 2 aromatic rings. The molecular weight excluding hydrogens is 320 g/mol. The van der Waals surface area contributed by atoms with E-state index in [9.17, 15) is 14.4 Å². The van der Waals surface area contributed by atoms with Gasteiger partial charge in [0.1, 0.15) is 0 Å². The molecule has 0 saturated carbocycles. The second-order valence-electron chi connectivity index (χ2n) is 5.27. The largest absolute Gasteiger partial charge is 0.356 e. The summed E-state index contributed by atoms with van der Waals surface area (Å²) in [5.74, 6) is -1.78. The summed E-state index contributed by atoms with van der Waals surface area (Å²) in [4.78, 5) is 35.6. The molecular formula is C18H20N4O3. The van der Waals surface area contributed by atoms with Gasteiger partial charge in [-0.2, -0.15) is 0 Å². The van der Waals surface area contributed by atoms with Gasteiger partial charge in [-0.3, -0.25) is 19.3 Å². The van der Waals surface area contributed by atoms with Gasteiger partial charge in [-0.15, -0.1) is 0 Å². The third-order valence-corrected chi connectivity index (χ3v) is 3.39. The van der Waals surface area contributed by atoms with Crippen LogP contribution >= 0.6 is 0 Å². The normalized spacial score (nSPS) is 9.96. The fourth-order valence-electron chi connectivity index (χ4n) is 2.10. The van der Waals surface area contributed by atoms with Crippen LogP contribution in [0.3, 0.4) is 0 Å². The van der Waals surface area contributed by atoms with Crippen molar-refractivity contribution in [3.8, 4) is 0 Å². The maximum absolute atomic E-state index is 11.9. The summed E-state index contributed by atoms with van der Waals surface area (Å²) in [6, 6.07) is 16.5. The molecule has 3 amide bonds. The van der Waals surface area contributed by atoms with Crippen molar-refractivity contribution in [2.24, 2.45) is 5.73 Å². The van der Waals surface area contributed by atoms with Gasteiger partial charge in [0.05, 0.1) is 0 Å². The number of hydrogen-bond acceptors (Lipinski definition) is 5. The summed E-state index contributed by atoms with van der Waals surface area (Å²) in [5, 5.41) is 5.69. The van der Waals surface area contributed by atoms with Crippen molar-refractivity contribution in [3.05, 3.63) is 54.6 Å². The fourth-order valence-corrected chi connectivity index (χ4v) is 2.10. The van der Waals surface area contributed by atoms with E-state index < -0.39 is 11.8 Å². The lowest BCUT2D eigenvalue weighted by Crippen LogP contribution is -2.39. The van der Waals surface area contributed by atoms with E-state index in [1.165, 1.54) is 0 Å². The number of para-hydroxylation sites is 1. The van der Waals surface area contributed by atoms with E-state index >= 15 is 0 Å². The number of carbonyl (C=O) groups is 3. The Hall–Kier alpha value is -3.19. The van der Waals surface area contributed by atoms with Gasteiger partial charge in [0.25, 0.3) is 0 Å². The highest BCUT2D eigenvalue weighted by atomic mass is 16.2. The number of hydrogen-bond donors (Lipinski definition) is 3. The molecule has 7 heteroatoms. The molecule has 4 N–H and O–H groups in total. The highest BCUT2D eigenvalue weighted by Crippen LogP contribution is 2.18. The minimum atomic E-state index is -0.907. The lowest BCUT2D eigenvalue weighted by atomic mass is 10.2. The first-order chi connectivity index (χ1) is 12.1. The Bertz CT molecular complexity index is 717. The third kappa shape index (κ3) is 5.43. The molecule has 0 aliphatic rings. The van der Waals surface area contributed by atoms with Crippen molar-refractivity contribution in [3.63, 3.8) is 0 Å². The summed E-state index contributed by atoms with van der Waals surface area (Å²) in [6.07, 6.45) is 0.780. The van der Waals surface area contributed by atoms with Gasteiger partial charge >= 0.3 is 11.8 Å². The molecule has 0 unspecified atom stereocenters. The molecule has 0 atom stereocenters. The van der Waals surface area contributed by atoms with Gasteiger partial charge in [-0.1, -0.05) is 18.2 Å². The minimum Gasteiger partial charge on any atom is -0.356 e. The van der Waals surface area contributed by atoms with E-state index in [4.69, 9.17) is 5.73 Å². The number of carbonyl (C=O) groups excluding carboxylic acids is 3. The minimum absolute atomic E-state index is 0.117. The van der Waals surface area contributed by atoms with Crippen molar-refractivity contribution in [1.82, 2.24) is 4.90 Å². The summed E-state index contributed by atoms with van der Waals surface area (Å²) in [5.41, 5.74) is 7.58. The molecule has 0 spiro atoms. The van der Waals surface area contributed by atoms with Crippen molar-refractivity contribution in [1.29, 1.82) is 0 Å². The van der Waals surface area contributed by atoms with Crippen LogP contribution in [0.4, 0.5) is 17.1 Å². The highest BCUT2D eigenvalue weighted by molar-refractivity contribution is 6.41. The van der Waals surface area contributed by atoms with Crippen LogP contribution in [0.25, 0.3) is 0 Å². The predicted octanol–water partition coefficient (Wildman–Crippen LogP) is 1.70. The van der Waals surface area contributed by atoms with Crippen LogP contribution in [0.15, 0.2) is 54.6 Å². The number of nitrogens with zero attached hydrogens (tertiary/aromatic N) is 1. The summed E-state index contributed by atoms with van der Waals surface area (Å²) < 4.78 is 0. The molecule has 0 aliphatic carbocycles. The van der Waals surface area contributed by atoms with Gasteiger partial charge < -0.3 is 16.4 Å². The summed E-state index contributed by atoms with van der Waals surface area (Å²) >= 11 is 0. The number of amides is 3. The topological polar surface area (TPSA) is 105 Å². The number of rotatable bonds is 7. The number of nitrogens with two attached hydrogens (primary N) is 1. The van der Waals surface area contributed by atoms with Crippen LogP contribution in [-0.2, 0) is 14.4 Å². The first kappa shape index (κ1) is 18.2. The molecule has 130 valence electrons. The highest BCUT2D eigenvalue weighted by Gasteiger charge is 2.21. The molecule has 0 radical (unpaired) electrons. The van der Waals surface area contributed by atoms with Crippen LogP contribution in [0.5, 0.6) is 0 Å². The maximum atomic E-state index is 11.9. The number of imide groups is 1. The van der Waals surface area contributed by atoms with Gasteiger partial charge in [0.15, 0.2) is 0 Å². The first-order valence-electron chi connectivity index (χ1n) is 7.83. The Morgan fingerprint density at radius 1 is 0.960 bits per heavy atom. The summed E-state index contributed by atoms with van der Waals surface area (Å²) in [7, 11) is 0. The quantitative estimate of drug-likeness (QED) is 0.526. The van der Waals surface area contributed by atoms with Crippen molar-refractivity contribution < 1.29 is 14.4 Å². The van der Waals surface area contributed by atoms with Gasteiger partial charge in [0.2, 0.25) is 6.41 Å². The molecule has 0 fully saturated rings. The lowest BCUT2D eigenvalue weighted by molar-refractivity contribution is -0.146. The van der Waals surface area contributed by atoms with Crippen LogP contribution in [0.2, 0.25) is 0 Å². The van der Waals surface area contributed by atoms with Crippen molar-refractivity contribution in [2.75, 3.05) is 23.7 Å². The lowest BCUT2D eigenvalue weighted by Gasteiger charge is -2.14. The molecule has 0 aromatic heterocycles. The predicted molar refractivity (Wildman–Crippen MR) is 96.2 cm³/mol. The van der Waals surface area contributed by atoms with E-state index in [2.05, 4.69) is 10.6 Å². The Labute approximate surface area is 145 Å². The molecule has 2 rings (SSSR count). The van der Waals surface area contributed by atoms with E-state index in [0.717, 1.165) is 16.3 Å². The molecule has 0 bridgehead atoms. The Morgan fingerprint density at radius 2 is 1.56 bits per heavy atom. The summed E-state index contributed by atoms with van der Waals surface area (Å²) in [6.45, 7) is 0.446. The van der Waals surface area contributed by atoms with Crippen molar-refractivity contribution >= 4 is 35.3 Å². The average Bonchev–Trinajstić information content (AvgIpc) is 2.64.